The maximum absolute atomic E-state index is 12.0. The van der Waals surface area contributed by atoms with Crippen LogP contribution < -0.4 is 5.32 Å². The van der Waals surface area contributed by atoms with Crippen LogP contribution in [0.15, 0.2) is 23.6 Å². The van der Waals surface area contributed by atoms with Gasteiger partial charge in [-0.15, -0.1) is 11.3 Å². The van der Waals surface area contributed by atoms with Crippen LogP contribution in [0.1, 0.15) is 34.0 Å². The molecule has 6 heteroatoms. The van der Waals surface area contributed by atoms with E-state index in [1.54, 1.807) is 48.5 Å². The fourth-order valence-corrected chi connectivity index (χ4v) is 2.79. The van der Waals surface area contributed by atoms with Crippen molar-refractivity contribution in [3.8, 4) is 0 Å². The van der Waals surface area contributed by atoms with Crippen LogP contribution in [0.4, 0.5) is 5.69 Å². The molecule has 1 amide bonds. The number of rotatable bonds is 4. The van der Waals surface area contributed by atoms with E-state index in [1.165, 1.54) is 0 Å². The summed E-state index contributed by atoms with van der Waals surface area (Å²) < 4.78 is 0. The van der Waals surface area contributed by atoms with Gasteiger partial charge in [-0.2, -0.15) is 0 Å². The molecule has 1 unspecified atom stereocenters. The number of nitrogens with zero attached hydrogens (tertiary/aromatic N) is 2. The third kappa shape index (κ3) is 3.74. The summed E-state index contributed by atoms with van der Waals surface area (Å²) in [5.74, 6) is -0.0492. The van der Waals surface area contributed by atoms with Crippen molar-refractivity contribution < 1.29 is 4.79 Å². The second kappa shape index (κ2) is 6.45. The number of amides is 1. The van der Waals surface area contributed by atoms with Gasteiger partial charge >= 0.3 is 0 Å². The summed E-state index contributed by atoms with van der Waals surface area (Å²) in [6, 6.07) is 5.27. The van der Waals surface area contributed by atoms with Gasteiger partial charge in [0.25, 0.3) is 5.91 Å². The summed E-state index contributed by atoms with van der Waals surface area (Å²) in [5.41, 5.74) is 2.31. The summed E-state index contributed by atoms with van der Waals surface area (Å²) in [7, 11) is 3.45. The van der Waals surface area contributed by atoms with Gasteiger partial charge in [0.1, 0.15) is 0 Å². The Morgan fingerprint density at radius 3 is 2.71 bits per heavy atom. The van der Waals surface area contributed by atoms with Gasteiger partial charge in [0, 0.05) is 25.0 Å². The van der Waals surface area contributed by atoms with Crippen molar-refractivity contribution in [2.45, 2.75) is 19.9 Å². The van der Waals surface area contributed by atoms with Crippen molar-refractivity contribution in [3.05, 3.63) is 44.9 Å². The van der Waals surface area contributed by atoms with E-state index in [2.05, 4.69) is 10.3 Å². The smallest absolute Gasteiger partial charge is 0.253 e. The number of aromatic nitrogens is 1. The number of halogens is 1. The van der Waals surface area contributed by atoms with Crippen LogP contribution in [0.25, 0.3) is 0 Å². The van der Waals surface area contributed by atoms with Crippen LogP contribution in [0.5, 0.6) is 0 Å². The standard InChI is InChI=1S/C15H18ClN3OS/c1-9(14-8-21-10(2)18-14)17-13-7-11(5-6-12(13)16)15(20)19(3)4/h5-9,17H,1-4H3. The number of anilines is 1. The Labute approximate surface area is 133 Å². The quantitative estimate of drug-likeness (QED) is 0.925. The molecule has 0 spiro atoms. The molecule has 0 saturated carbocycles. The summed E-state index contributed by atoms with van der Waals surface area (Å²) in [5, 5.41) is 6.96. The molecule has 2 aromatic rings. The first-order valence-corrected chi connectivity index (χ1v) is 7.84. The lowest BCUT2D eigenvalue weighted by Gasteiger charge is -2.16. The predicted molar refractivity (Wildman–Crippen MR) is 88.4 cm³/mol. The molecule has 0 aliphatic carbocycles. The van der Waals surface area contributed by atoms with Gasteiger partial charge in [-0.05, 0) is 32.0 Å². The zero-order chi connectivity index (χ0) is 15.6. The van der Waals surface area contributed by atoms with Gasteiger partial charge in [-0.3, -0.25) is 4.79 Å². The minimum atomic E-state index is -0.0492. The third-order valence-electron chi connectivity index (χ3n) is 3.07. The molecule has 0 aliphatic rings. The number of carbonyl (C=O) groups is 1. The molecule has 1 atom stereocenters. The molecule has 0 saturated heterocycles. The first kappa shape index (κ1) is 15.8. The van der Waals surface area contributed by atoms with Gasteiger partial charge in [-0.1, -0.05) is 11.6 Å². The zero-order valence-electron chi connectivity index (χ0n) is 12.5. The molecular weight excluding hydrogens is 306 g/mol. The van der Waals surface area contributed by atoms with E-state index >= 15 is 0 Å². The number of hydrogen-bond acceptors (Lipinski definition) is 4. The van der Waals surface area contributed by atoms with Crippen LogP contribution in [0.2, 0.25) is 5.02 Å². The Balaban J connectivity index is 2.23. The minimum Gasteiger partial charge on any atom is -0.376 e. The molecule has 2 rings (SSSR count). The number of thiazole rings is 1. The Morgan fingerprint density at radius 2 is 2.14 bits per heavy atom. The number of aryl methyl sites for hydroxylation is 1. The predicted octanol–water partition coefficient (Wildman–Crippen LogP) is 3.98. The number of nitrogens with one attached hydrogen (secondary N) is 1. The van der Waals surface area contributed by atoms with E-state index in [-0.39, 0.29) is 11.9 Å². The Kier molecular flexibility index (Phi) is 4.85. The Bertz CT molecular complexity index is 654. The normalized spacial score (nSPS) is 12.0. The number of carbonyl (C=O) groups excluding carboxylic acids is 1. The molecule has 1 heterocycles. The molecule has 0 fully saturated rings. The van der Waals surface area contributed by atoms with Gasteiger partial charge in [-0.25, -0.2) is 4.98 Å². The van der Waals surface area contributed by atoms with E-state index in [0.29, 0.717) is 10.6 Å². The minimum absolute atomic E-state index is 0.0251. The first-order valence-electron chi connectivity index (χ1n) is 6.58. The molecule has 0 aliphatic heterocycles. The van der Waals surface area contributed by atoms with Crippen molar-refractivity contribution in [1.29, 1.82) is 0 Å². The Morgan fingerprint density at radius 1 is 1.43 bits per heavy atom. The maximum atomic E-state index is 12.0. The number of benzene rings is 1. The molecule has 1 N–H and O–H groups in total. The fraction of sp³-hybridized carbons (Fsp3) is 0.333. The Hall–Kier alpha value is -1.59. The van der Waals surface area contributed by atoms with Gasteiger partial charge in [0.05, 0.1) is 27.5 Å². The summed E-state index contributed by atoms with van der Waals surface area (Å²) in [6.45, 7) is 4.00. The number of hydrogen-bond donors (Lipinski definition) is 1. The summed E-state index contributed by atoms with van der Waals surface area (Å²) in [4.78, 5) is 18.0. The van der Waals surface area contributed by atoms with Crippen molar-refractivity contribution in [3.63, 3.8) is 0 Å². The monoisotopic (exact) mass is 323 g/mol. The van der Waals surface area contributed by atoms with Gasteiger partial charge in [0.2, 0.25) is 0 Å². The fourth-order valence-electron chi connectivity index (χ4n) is 1.91. The lowest BCUT2D eigenvalue weighted by molar-refractivity contribution is 0.0827. The first-order chi connectivity index (χ1) is 9.88. The molecule has 4 nitrogen and oxygen atoms in total. The van der Waals surface area contributed by atoms with E-state index < -0.39 is 0 Å². The molecule has 0 radical (unpaired) electrons. The molecule has 1 aromatic heterocycles. The van der Waals surface area contributed by atoms with Crippen molar-refractivity contribution >= 4 is 34.5 Å². The van der Waals surface area contributed by atoms with E-state index in [9.17, 15) is 4.79 Å². The highest BCUT2D eigenvalue weighted by atomic mass is 35.5. The summed E-state index contributed by atoms with van der Waals surface area (Å²) >= 11 is 7.83. The van der Waals surface area contributed by atoms with Gasteiger partial charge < -0.3 is 10.2 Å². The van der Waals surface area contributed by atoms with Crippen LogP contribution in [0, 0.1) is 6.92 Å². The third-order valence-corrected chi connectivity index (χ3v) is 4.19. The second-order valence-electron chi connectivity index (χ2n) is 5.05. The highest BCUT2D eigenvalue weighted by Crippen LogP contribution is 2.28. The SMILES string of the molecule is Cc1nc(C(C)Nc2cc(C(=O)N(C)C)ccc2Cl)cs1. The zero-order valence-corrected chi connectivity index (χ0v) is 14.0. The van der Waals surface area contributed by atoms with Crippen molar-refractivity contribution in [1.82, 2.24) is 9.88 Å². The maximum Gasteiger partial charge on any atom is 0.253 e. The lowest BCUT2D eigenvalue weighted by Crippen LogP contribution is -2.21. The van der Waals surface area contributed by atoms with E-state index in [1.807, 2.05) is 19.2 Å². The second-order valence-corrected chi connectivity index (χ2v) is 6.52. The largest absolute Gasteiger partial charge is 0.376 e. The van der Waals surface area contributed by atoms with Crippen molar-refractivity contribution in [2.24, 2.45) is 0 Å². The topological polar surface area (TPSA) is 45.2 Å². The highest BCUT2D eigenvalue weighted by Gasteiger charge is 2.14. The lowest BCUT2D eigenvalue weighted by atomic mass is 10.1. The molecule has 112 valence electrons. The van der Waals surface area contributed by atoms with Crippen LogP contribution in [-0.4, -0.2) is 29.9 Å². The average molecular weight is 324 g/mol. The van der Waals surface area contributed by atoms with E-state index in [0.717, 1.165) is 16.4 Å². The van der Waals surface area contributed by atoms with Crippen LogP contribution in [-0.2, 0) is 0 Å². The van der Waals surface area contributed by atoms with Crippen molar-refractivity contribution in [2.75, 3.05) is 19.4 Å². The van der Waals surface area contributed by atoms with Gasteiger partial charge in [0.15, 0.2) is 0 Å². The van der Waals surface area contributed by atoms with Crippen LogP contribution >= 0.6 is 22.9 Å². The molecule has 21 heavy (non-hydrogen) atoms. The summed E-state index contributed by atoms with van der Waals surface area (Å²) in [6.07, 6.45) is 0. The van der Waals surface area contributed by atoms with E-state index in [4.69, 9.17) is 11.6 Å². The average Bonchev–Trinajstić information content (AvgIpc) is 2.87. The highest BCUT2D eigenvalue weighted by molar-refractivity contribution is 7.09. The molecular formula is C15H18ClN3OS. The molecule has 1 aromatic carbocycles. The molecule has 0 bridgehead atoms. The van der Waals surface area contributed by atoms with Crippen LogP contribution in [0.3, 0.4) is 0 Å².